The Morgan fingerprint density at radius 1 is 1.30 bits per heavy atom. The van der Waals surface area contributed by atoms with Crippen molar-refractivity contribution >= 4 is 22.4 Å². The van der Waals surface area contributed by atoms with Crippen molar-refractivity contribution in [2.24, 2.45) is 12.8 Å². The number of nitrogens with zero attached hydrogens (tertiary/aromatic N) is 4. The van der Waals surface area contributed by atoms with Gasteiger partial charge in [0.1, 0.15) is 6.61 Å². The Kier molecular flexibility index (Phi) is 5.23. The summed E-state index contributed by atoms with van der Waals surface area (Å²) in [7, 11) is 1.76. The van der Waals surface area contributed by atoms with Crippen LogP contribution in [0.4, 0.5) is 0 Å². The van der Waals surface area contributed by atoms with Crippen molar-refractivity contribution in [3.63, 3.8) is 0 Å². The van der Waals surface area contributed by atoms with Crippen LogP contribution in [0.2, 0.25) is 5.02 Å². The predicted molar refractivity (Wildman–Crippen MR) is 113 cm³/mol. The molecule has 0 aliphatic carbocycles. The molecule has 0 aliphatic heterocycles. The molecule has 8 nitrogen and oxygen atoms in total. The van der Waals surface area contributed by atoms with Crippen molar-refractivity contribution in [2.45, 2.75) is 13.2 Å². The first-order valence-electron chi connectivity index (χ1n) is 9.07. The van der Waals surface area contributed by atoms with Crippen molar-refractivity contribution in [3.05, 3.63) is 74.8 Å². The standard InChI is InChI=1S/C21H17ClN6O2/c1-28-21(30-11-17-13(8-23)3-2-4-18(17)22)16(10-25-28)12-5-6-14-15(7-12)19(9-24)26-27-20(14)29/h2-7,10H,9,11,24H2,1H3,(H,27,29). The van der Waals surface area contributed by atoms with Crippen molar-refractivity contribution in [3.8, 4) is 23.1 Å². The van der Waals surface area contributed by atoms with Gasteiger partial charge in [0.05, 0.1) is 34.5 Å². The van der Waals surface area contributed by atoms with Crippen LogP contribution >= 0.6 is 11.6 Å². The summed E-state index contributed by atoms with van der Waals surface area (Å²) in [5.74, 6) is 0.505. The molecule has 0 radical (unpaired) electrons. The van der Waals surface area contributed by atoms with Gasteiger partial charge in [-0.15, -0.1) is 0 Å². The minimum absolute atomic E-state index is 0.109. The summed E-state index contributed by atoms with van der Waals surface area (Å²) >= 11 is 6.25. The second-order valence-corrected chi connectivity index (χ2v) is 7.02. The largest absolute Gasteiger partial charge is 0.472 e. The molecule has 0 spiro atoms. The molecule has 0 atom stereocenters. The van der Waals surface area contributed by atoms with Crippen molar-refractivity contribution in [1.29, 1.82) is 5.26 Å². The van der Waals surface area contributed by atoms with Gasteiger partial charge in [-0.2, -0.15) is 15.5 Å². The molecule has 2 aromatic carbocycles. The number of H-pyrrole nitrogens is 1. The van der Waals surface area contributed by atoms with Gasteiger partial charge in [0.2, 0.25) is 5.88 Å². The predicted octanol–water partition coefficient (Wildman–Crippen LogP) is 2.89. The van der Waals surface area contributed by atoms with Crippen LogP contribution in [-0.4, -0.2) is 20.0 Å². The first-order chi connectivity index (χ1) is 14.5. The fourth-order valence-corrected chi connectivity index (χ4v) is 3.52. The van der Waals surface area contributed by atoms with Crippen LogP contribution in [-0.2, 0) is 20.2 Å². The summed E-state index contributed by atoms with van der Waals surface area (Å²) in [4.78, 5) is 12.1. The third-order valence-electron chi connectivity index (χ3n) is 4.85. The monoisotopic (exact) mass is 420 g/mol. The van der Waals surface area contributed by atoms with Crippen LogP contribution < -0.4 is 16.0 Å². The number of nitriles is 1. The number of nitrogens with one attached hydrogen (secondary N) is 1. The number of nitrogens with two attached hydrogens (primary N) is 1. The van der Waals surface area contributed by atoms with Gasteiger partial charge in [0.15, 0.2) is 0 Å². The van der Waals surface area contributed by atoms with E-state index >= 15 is 0 Å². The molecule has 2 aromatic heterocycles. The molecule has 9 heteroatoms. The maximum atomic E-state index is 12.1. The Morgan fingerprint density at radius 2 is 2.13 bits per heavy atom. The van der Waals surface area contributed by atoms with Gasteiger partial charge >= 0.3 is 0 Å². The molecule has 0 amide bonds. The number of hydrogen-bond donors (Lipinski definition) is 2. The molecule has 4 rings (SSSR count). The minimum Gasteiger partial charge on any atom is -0.472 e. The van der Waals surface area contributed by atoms with Gasteiger partial charge in [-0.25, -0.2) is 9.78 Å². The number of aryl methyl sites for hydroxylation is 1. The zero-order valence-corrected chi connectivity index (χ0v) is 16.8. The topological polar surface area (TPSA) is 123 Å². The van der Waals surface area contributed by atoms with E-state index in [0.29, 0.717) is 38.5 Å². The van der Waals surface area contributed by atoms with Crippen LogP contribution in [0.25, 0.3) is 21.9 Å². The van der Waals surface area contributed by atoms with Crippen LogP contribution in [0.5, 0.6) is 5.88 Å². The normalized spacial score (nSPS) is 10.9. The number of hydrogen-bond acceptors (Lipinski definition) is 6. The third kappa shape index (κ3) is 3.41. The second kappa shape index (κ2) is 7.99. The number of aromatic amines is 1. The van der Waals surface area contributed by atoms with Gasteiger partial charge in [-0.1, -0.05) is 23.7 Å². The Hall–Kier alpha value is -3.67. The lowest BCUT2D eigenvalue weighted by Gasteiger charge is -2.12. The fourth-order valence-electron chi connectivity index (χ4n) is 3.29. The number of fused-ring (bicyclic) bond motifs is 1. The van der Waals surface area contributed by atoms with Gasteiger partial charge in [-0.3, -0.25) is 4.79 Å². The van der Waals surface area contributed by atoms with E-state index < -0.39 is 0 Å². The van der Waals surface area contributed by atoms with Crippen LogP contribution in [0.1, 0.15) is 16.8 Å². The summed E-state index contributed by atoms with van der Waals surface area (Å²) in [6.07, 6.45) is 1.68. The highest BCUT2D eigenvalue weighted by Gasteiger charge is 2.16. The number of aromatic nitrogens is 4. The Labute approximate surface area is 176 Å². The number of rotatable bonds is 5. The van der Waals surface area contributed by atoms with Crippen LogP contribution in [0.3, 0.4) is 0 Å². The lowest BCUT2D eigenvalue weighted by Crippen LogP contribution is -2.13. The van der Waals surface area contributed by atoms with Crippen LogP contribution in [0, 0.1) is 11.3 Å². The second-order valence-electron chi connectivity index (χ2n) is 6.62. The summed E-state index contributed by atoms with van der Waals surface area (Å²) < 4.78 is 7.62. The molecular weight excluding hydrogens is 404 g/mol. The Morgan fingerprint density at radius 3 is 2.90 bits per heavy atom. The molecule has 2 heterocycles. The average Bonchev–Trinajstić information content (AvgIpc) is 3.13. The molecule has 150 valence electrons. The molecule has 0 unspecified atom stereocenters. The third-order valence-corrected chi connectivity index (χ3v) is 5.20. The van der Waals surface area contributed by atoms with E-state index in [1.165, 1.54) is 0 Å². The van der Waals surface area contributed by atoms with E-state index in [0.717, 1.165) is 11.1 Å². The quantitative estimate of drug-likeness (QED) is 0.511. The van der Waals surface area contributed by atoms with Crippen molar-refractivity contribution < 1.29 is 4.74 Å². The molecule has 0 saturated heterocycles. The highest BCUT2D eigenvalue weighted by atomic mass is 35.5. The highest BCUT2D eigenvalue weighted by molar-refractivity contribution is 6.31. The first kappa shape index (κ1) is 19.6. The van der Waals surface area contributed by atoms with E-state index in [9.17, 15) is 10.1 Å². The lowest BCUT2D eigenvalue weighted by atomic mass is 10.0. The summed E-state index contributed by atoms with van der Waals surface area (Å²) in [5.41, 5.74) is 8.68. The summed E-state index contributed by atoms with van der Waals surface area (Å²) in [6.45, 7) is 0.300. The van der Waals surface area contributed by atoms with Gasteiger partial charge < -0.3 is 10.5 Å². The molecule has 0 bridgehead atoms. The average molecular weight is 421 g/mol. The fraction of sp³-hybridized carbons (Fsp3) is 0.143. The molecular formula is C21H17ClN6O2. The van der Waals surface area contributed by atoms with E-state index in [4.69, 9.17) is 22.1 Å². The molecule has 4 aromatic rings. The van der Waals surface area contributed by atoms with Crippen molar-refractivity contribution in [1.82, 2.24) is 20.0 Å². The molecule has 3 N–H and O–H groups in total. The van der Waals surface area contributed by atoms with Gasteiger partial charge in [0.25, 0.3) is 5.56 Å². The summed E-state index contributed by atoms with van der Waals surface area (Å²) in [5, 5.41) is 21.8. The zero-order chi connectivity index (χ0) is 21.3. The number of benzene rings is 2. The van der Waals surface area contributed by atoms with Crippen molar-refractivity contribution in [2.75, 3.05) is 0 Å². The molecule has 0 aliphatic rings. The van der Waals surface area contributed by atoms with E-state index in [2.05, 4.69) is 21.4 Å². The van der Waals surface area contributed by atoms with Crippen LogP contribution in [0.15, 0.2) is 47.4 Å². The first-order valence-corrected chi connectivity index (χ1v) is 9.45. The van der Waals surface area contributed by atoms with E-state index in [1.54, 1.807) is 42.2 Å². The van der Waals surface area contributed by atoms with E-state index in [-0.39, 0.29) is 18.7 Å². The highest BCUT2D eigenvalue weighted by Crippen LogP contribution is 2.33. The SMILES string of the molecule is Cn1ncc(-c2ccc3c(=O)[nH]nc(CN)c3c2)c1OCc1c(Cl)cccc1C#N. The molecule has 0 fully saturated rings. The smallest absolute Gasteiger partial charge is 0.272 e. The maximum Gasteiger partial charge on any atom is 0.272 e. The Balaban J connectivity index is 1.75. The maximum absolute atomic E-state index is 12.1. The van der Waals surface area contributed by atoms with Gasteiger partial charge in [0, 0.05) is 29.6 Å². The Bertz CT molecular complexity index is 1350. The number of halogens is 1. The molecule has 30 heavy (non-hydrogen) atoms. The lowest BCUT2D eigenvalue weighted by molar-refractivity contribution is 0.280. The minimum atomic E-state index is -0.279. The zero-order valence-electron chi connectivity index (χ0n) is 16.0. The molecule has 0 saturated carbocycles. The summed E-state index contributed by atoms with van der Waals surface area (Å²) in [6, 6.07) is 12.6. The van der Waals surface area contributed by atoms with E-state index in [1.807, 2.05) is 12.1 Å². The van der Waals surface area contributed by atoms with Gasteiger partial charge in [-0.05, 0) is 29.8 Å². The number of ether oxygens (including phenoxy) is 1.